The SMILES string of the molecule is CC(=NNC(=O)c1ccc2c(c1)OCO2)c1ccc(C(C)(C)C)cc1. The summed E-state index contributed by atoms with van der Waals surface area (Å²) >= 11 is 0. The molecule has 1 aliphatic heterocycles. The number of nitrogens with zero attached hydrogens (tertiary/aromatic N) is 1. The smallest absolute Gasteiger partial charge is 0.271 e. The van der Waals surface area contributed by atoms with E-state index in [2.05, 4.69) is 43.4 Å². The number of benzene rings is 2. The highest BCUT2D eigenvalue weighted by molar-refractivity contribution is 6.01. The lowest BCUT2D eigenvalue weighted by molar-refractivity contribution is 0.0954. The van der Waals surface area contributed by atoms with E-state index in [1.54, 1.807) is 18.2 Å². The third-order valence-corrected chi connectivity index (χ3v) is 4.13. The van der Waals surface area contributed by atoms with Crippen LogP contribution in [0.25, 0.3) is 0 Å². The highest BCUT2D eigenvalue weighted by atomic mass is 16.7. The van der Waals surface area contributed by atoms with Gasteiger partial charge in [-0.1, -0.05) is 45.0 Å². The Balaban J connectivity index is 1.69. The van der Waals surface area contributed by atoms with Crippen LogP contribution in [0.2, 0.25) is 0 Å². The fourth-order valence-electron chi connectivity index (χ4n) is 2.51. The van der Waals surface area contributed by atoms with E-state index in [1.165, 1.54) is 5.56 Å². The summed E-state index contributed by atoms with van der Waals surface area (Å²) in [6, 6.07) is 13.3. The maximum atomic E-state index is 12.3. The second kappa shape index (κ2) is 6.59. The van der Waals surface area contributed by atoms with Crippen molar-refractivity contribution in [2.45, 2.75) is 33.1 Å². The number of nitrogens with one attached hydrogen (secondary N) is 1. The average Bonchev–Trinajstić information content (AvgIpc) is 3.06. The molecule has 0 saturated carbocycles. The number of rotatable bonds is 3. The van der Waals surface area contributed by atoms with Crippen LogP contribution in [0.5, 0.6) is 11.5 Å². The van der Waals surface area contributed by atoms with E-state index in [0.717, 1.165) is 11.3 Å². The molecule has 1 aliphatic rings. The van der Waals surface area contributed by atoms with E-state index in [0.29, 0.717) is 17.1 Å². The summed E-state index contributed by atoms with van der Waals surface area (Å²) in [5.41, 5.74) is 6.14. The molecule has 2 aromatic rings. The number of amides is 1. The van der Waals surface area contributed by atoms with Gasteiger partial charge in [0.1, 0.15) is 0 Å². The summed E-state index contributed by atoms with van der Waals surface area (Å²) in [7, 11) is 0. The van der Waals surface area contributed by atoms with Crippen molar-refractivity contribution < 1.29 is 14.3 Å². The van der Waals surface area contributed by atoms with Gasteiger partial charge in [-0.25, -0.2) is 5.43 Å². The Morgan fingerprint density at radius 2 is 1.64 bits per heavy atom. The second-order valence-corrected chi connectivity index (χ2v) is 7.03. The van der Waals surface area contributed by atoms with Gasteiger partial charge in [0.05, 0.1) is 5.71 Å². The number of carbonyl (C=O) groups excluding carboxylic acids is 1. The predicted octanol–water partition coefficient (Wildman–Crippen LogP) is 3.87. The molecule has 0 fully saturated rings. The standard InChI is InChI=1S/C20H22N2O3/c1-13(14-5-8-16(9-6-14)20(2,3)4)21-22-19(23)15-7-10-17-18(11-15)25-12-24-17/h5-11H,12H2,1-4H3,(H,22,23). The molecule has 1 heterocycles. The number of ether oxygens (including phenoxy) is 2. The summed E-state index contributed by atoms with van der Waals surface area (Å²) in [6.07, 6.45) is 0. The molecule has 130 valence electrons. The molecule has 5 nitrogen and oxygen atoms in total. The molecular formula is C20H22N2O3. The zero-order valence-electron chi connectivity index (χ0n) is 14.9. The van der Waals surface area contributed by atoms with E-state index in [4.69, 9.17) is 9.47 Å². The molecule has 1 amide bonds. The molecule has 0 aromatic heterocycles. The summed E-state index contributed by atoms with van der Waals surface area (Å²) in [5, 5.41) is 4.20. The number of carbonyl (C=O) groups is 1. The Morgan fingerprint density at radius 1 is 1.00 bits per heavy atom. The van der Waals surface area contributed by atoms with Gasteiger partial charge in [-0.05, 0) is 41.7 Å². The van der Waals surface area contributed by atoms with Crippen molar-refractivity contribution in [2.24, 2.45) is 5.10 Å². The lowest BCUT2D eigenvalue weighted by Crippen LogP contribution is -2.19. The van der Waals surface area contributed by atoms with Crippen LogP contribution >= 0.6 is 0 Å². The minimum atomic E-state index is -0.288. The van der Waals surface area contributed by atoms with Crippen LogP contribution in [-0.2, 0) is 5.41 Å². The van der Waals surface area contributed by atoms with Crippen molar-refractivity contribution in [3.05, 3.63) is 59.2 Å². The van der Waals surface area contributed by atoms with E-state index in [9.17, 15) is 4.79 Å². The van der Waals surface area contributed by atoms with Crippen LogP contribution in [0.3, 0.4) is 0 Å². The van der Waals surface area contributed by atoms with E-state index >= 15 is 0 Å². The van der Waals surface area contributed by atoms with Crippen molar-refractivity contribution in [1.29, 1.82) is 0 Å². The van der Waals surface area contributed by atoms with Crippen molar-refractivity contribution in [2.75, 3.05) is 6.79 Å². The van der Waals surface area contributed by atoms with Gasteiger partial charge in [-0.15, -0.1) is 0 Å². The first-order valence-electron chi connectivity index (χ1n) is 8.20. The summed E-state index contributed by atoms with van der Waals surface area (Å²) in [5.74, 6) is 0.935. The molecule has 0 spiro atoms. The number of hydrogen-bond donors (Lipinski definition) is 1. The largest absolute Gasteiger partial charge is 0.454 e. The molecule has 0 aliphatic carbocycles. The lowest BCUT2D eigenvalue weighted by Gasteiger charge is -2.19. The van der Waals surface area contributed by atoms with E-state index < -0.39 is 0 Å². The van der Waals surface area contributed by atoms with Gasteiger partial charge in [0.2, 0.25) is 6.79 Å². The molecule has 1 N–H and O–H groups in total. The molecule has 0 unspecified atom stereocenters. The monoisotopic (exact) mass is 338 g/mol. The predicted molar refractivity (Wildman–Crippen MR) is 97.4 cm³/mol. The molecule has 0 saturated heterocycles. The first-order chi connectivity index (χ1) is 11.8. The number of fused-ring (bicyclic) bond motifs is 1. The normalized spacial score (nSPS) is 13.7. The molecule has 2 aromatic carbocycles. The lowest BCUT2D eigenvalue weighted by atomic mass is 9.86. The van der Waals surface area contributed by atoms with Gasteiger partial charge in [0, 0.05) is 5.56 Å². The van der Waals surface area contributed by atoms with Crippen molar-refractivity contribution >= 4 is 11.6 Å². The summed E-state index contributed by atoms with van der Waals surface area (Å²) in [6.45, 7) is 8.58. The Hall–Kier alpha value is -2.82. The van der Waals surface area contributed by atoms with Gasteiger partial charge >= 0.3 is 0 Å². The molecular weight excluding hydrogens is 316 g/mol. The van der Waals surface area contributed by atoms with Crippen molar-refractivity contribution in [3.63, 3.8) is 0 Å². The van der Waals surface area contributed by atoms with Crippen LogP contribution in [0.15, 0.2) is 47.6 Å². The maximum absolute atomic E-state index is 12.3. The quantitative estimate of drug-likeness (QED) is 0.683. The van der Waals surface area contributed by atoms with Crippen molar-refractivity contribution in [1.82, 2.24) is 5.43 Å². The first kappa shape index (κ1) is 17.0. The van der Waals surface area contributed by atoms with Gasteiger partial charge in [0.15, 0.2) is 11.5 Å². The molecule has 5 heteroatoms. The highest BCUT2D eigenvalue weighted by Gasteiger charge is 2.16. The van der Waals surface area contributed by atoms with Gasteiger partial charge < -0.3 is 9.47 Å². The zero-order valence-corrected chi connectivity index (χ0v) is 14.9. The second-order valence-electron chi connectivity index (χ2n) is 7.03. The number of hydrogen-bond acceptors (Lipinski definition) is 4. The van der Waals surface area contributed by atoms with Crippen LogP contribution in [0.4, 0.5) is 0 Å². The maximum Gasteiger partial charge on any atom is 0.271 e. The van der Waals surface area contributed by atoms with Gasteiger partial charge in [-0.3, -0.25) is 4.79 Å². The Bertz CT molecular complexity index is 818. The average molecular weight is 338 g/mol. The van der Waals surface area contributed by atoms with Crippen LogP contribution < -0.4 is 14.9 Å². The first-order valence-corrected chi connectivity index (χ1v) is 8.20. The fraction of sp³-hybridized carbons (Fsp3) is 0.300. The minimum Gasteiger partial charge on any atom is -0.454 e. The molecule has 0 radical (unpaired) electrons. The number of hydrazone groups is 1. The van der Waals surface area contributed by atoms with E-state index in [-0.39, 0.29) is 18.1 Å². The van der Waals surface area contributed by atoms with E-state index in [1.807, 2.05) is 19.1 Å². The highest BCUT2D eigenvalue weighted by Crippen LogP contribution is 2.32. The van der Waals surface area contributed by atoms with Crippen molar-refractivity contribution in [3.8, 4) is 11.5 Å². The van der Waals surface area contributed by atoms with Gasteiger partial charge in [-0.2, -0.15) is 5.10 Å². The molecule has 3 rings (SSSR count). The Labute approximate surface area is 147 Å². The molecule has 25 heavy (non-hydrogen) atoms. The third kappa shape index (κ3) is 3.82. The van der Waals surface area contributed by atoms with Crippen LogP contribution in [0.1, 0.15) is 49.2 Å². The Morgan fingerprint density at radius 3 is 2.32 bits per heavy atom. The minimum absolute atomic E-state index is 0.108. The fourth-order valence-corrected chi connectivity index (χ4v) is 2.51. The van der Waals surface area contributed by atoms with Crippen LogP contribution in [0, 0.1) is 0 Å². The Kier molecular flexibility index (Phi) is 4.49. The summed E-state index contributed by atoms with van der Waals surface area (Å²) in [4.78, 5) is 12.3. The topological polar surface area (TPSA) is 59.9 Å². The van der Waals surface area contributed by atoms with Crippen LogP contribution in [-0.4, -0.2) is 18.4 Å². The molecule has 0 bridgehead atoms. The molecule has 0 atom stereocenters. The summed E-state index contributed by atoms with van der Waals surface area (Å²) < 4.78 is 10.5. The van der Waals surface area contributed by atoms with Gasteiger partial charge in [0.25, 0.3) is 5.91 Å². The zero-order chi connectivity index (χ0) is 18.0. The third-order valence-electron chi connectivity index (χ3n) is 4.13.